The van der Waals surface area contributed by atoms with Gasteiger partial charge >= 0.3 is 0 Å². The van der Waals surface area contributed by atoms with E-state index in [9.17, 15) is 0 Å². The molecule has 0 spiro atoms. The summed E-state index contributed by atoms with van der Waals surface area (Å²) >= 11 is 3.57. The summed E-state index contributed by atoms with van der Waals surface area (Å²) in [5.41, 5.74) is 0. The first kappa shape index (κ1) is 16.3. The number of likely N-dealkylation sites (N-methyl/N-ethyl adjacent to an activating group) is 1. The van der Waals surface area contributed by atoms with Gasteiger partial charge in [-0.2, -0.15) is 0 Å². The largest absolute Gasteiger partial charge is 0.395 e. The van der Waals surface area contributed by atoms with Crippen LogP contribution in [-0.4, -0.2) is 29.7 Å². The van der Waals surface area contributed by atoms with Crippen LogP contribution in [0, 0.1) is 11.8 Å². The van der Waals surface area contributed by atoms with E-state index in [1.807, 2.05) is 11.3 Å². The number of aliphatic hydroxyl groups excluding tert-OH is 1. The Morgan fingerprint density at radius 1 is 1.29 bits per heavy atom. The third kappa shape index (κ3) is 5.29. The summed E-state index contributed by atoms with van der Waals surface area (Å²) in [6.45, 7) is 3.36. The van der Waals surface area contributed by atoms with Crippen molar-refractivity contribution in [3.8, 4) is 11.8 Å². The molecule has 2 aromatic rings. The first-order valence-corrected chi connectivity index (χ1v) is 8.79. The van der Waals surface area contributed by atoms with Crippen molar-refractivity contribution >= 4 is 22.7 Å². The van der Waals surface area contributed by atoms with Crippen molar-refractivity contribution in [3.63, 3.8) is 0 Å². The predicted octanol–water partition coefficient (Wildman–Crippen LogP) is 3.61. The number of hydrogen-bond donors (Lipinski definition) is 1. The number of hydrogen-bond acceptors (Lipinski definition) is 4. The Hall–Kier alpha value is -1.12. The molecule has 112 valence electrons. The highest BCUT2D eigenvalue weighted by Gasteiger charge is 2.12. The molecule has 1 atom stereocenters. The van der Waals surface area contributed by atoms with E-state index in [0.717, 1.165) is 17.8 Å². The lowest BCUT2D eigenvalue weighted by Gasteiger charge is -2.23. The van der Waals surface area contributed by atoms with Gasteiger partial charge in [0, 0.05) is 28.8 Å². The third-order valence-electron chi connectivity index (χ3n) is 3.34. The van der Waals surface area contributed by atoms with Gasteiger partial charge in [0.25, 0.3) is 0 Å². The fourth-order valence-corrected chi connectivity index (χ4v) is 3.79. The summed E-state index contributed by atoms with van der Waals surface area (Å²) in [4.78, 5) is 6.24. The lowest BCUT2D eigenvalue weighted by Crippen LogP contribution is -2.29. The molecule has 1 N–H and O–H groups in total. The van der Waals surface area contributed by atoms with E-state index in [1.165, 1.54) is 9.75 Å². The van der Waals surface area contributed by atoms with Crippen LogP contribution in [0.2, 0.25) is 0 Å². The summed E-state index contributed by atoms with van der Waals surface area (Å²) in [5, 5.41) is 10.9. The molecule has 0 aliphatic heterocycles. The quantitative estimate of drug-likeness (QED) is 0.822. The Labute approximate surface area is 135 Å². The maximum Gasteiger partial charge on any atom is 0.0771 e. The number of aliphatic hydroxyl groups is 1. The molecule has 21 heavy (non-hydrogen) atoms. The summed E-state index contributed by atoms with van der Waals surface area (Å²) in [5.74, 6) is 6.07. The topological polar surface area (TPSA) is 23.5 Å². The normalized spacial score (nSPS) is 12.2. The molecule has 2 rings (SSSR count). The van der Waals surface area contributed by atoms with Crippen molar-refractivity contribution in [2.24, 2.45) is 0 Å². The van der Waals surface area contributed by atoms with E-state index in [-0.39, 0.29) is 6.61 Å². The van der Waals surface area contributed by atoms with Crippen LogP contribution in [0.3, 0.4) is 0 Å². The van der Waals surface area contributed by atoms with Gasteiger partial charge in [0.2, 0.25) is 0 Å². The molecule has 0 aliphatic carbocycles. The Morgan fingerprint density at radius 3 is 2.86 bits per heavy atom. The van der Waals surface area contributed by atoms with Crippen molar-refractivity contribution in [1.29, 1.82) is 0 Å². The number of rotatable bonds is 6. The van der Waals surface area contributed by atoms with Crippen LogP contribution in [-0.2, 0) is 13.0 Å². The molecular formula is C17H21NOS2. The van der Waals surface area contributed by atoms with Gasteiger partial charge in [0.15, 0.2) is 0 Å². The highest BCUT2D eigenvalue weighted by Crippen LogP contribution is 2.19. The minimum atomic E-state index is 0.133. The van der Waals surface area contributed by atoms with Crippen LogP contribution >= 0.6 is 22.7 Å². The van der Waals surface area contributed by atoms with Gasteiger partial charge in [-0.1, -0.05) is 17.9 Å². The van der Waals surface area contributed by atoms with Crippen LogP contribution < -0.4 is 0 Å². The second-order valence-electron chi connectivity index (χ2n) is 5.09. The number of thiophene rings is 2. The smallest absolute Gasteiger partial charge is 0.0771 e. The van der Waals surface area contributed by atoms with E-state index >= 15 is 0 Å². The van der Waals surface area contributed by atoms with Crippen molar-refractivity contribution in [3.05, 3.63) is 44.3 Å². The predicted molar refractivity (Wildman–Crippen MR) is 91.9 cm³/mol. The van der Waals surface area contributed by atoms with E-state index in [4.69, 9.17) is 5.11 Å². The van der Waals surface area contributed by atoms with Gasteiger partial charge in [-0.3, -0.25) is 4.90 Å². The van der Waals surface area contributed by atoms with E-state index in [0.29, 0.717) is 12.5 Å². The molecule has 0 aromatic carbocycles. The third-order valence-corrected chi connectivity index (χ3v) is 5.23. The van der Waals surface area contributed by atoms with Gasteiger partial charge in [0.05, 0.1) is 11.5 Å². The Morgan fingerprint density at radius 2 is 2.14 bits per heavy atom. The molecular weight excluding hydrogens is 298 g/mol. The second-order valence-corrected chi connectivity index (χ2v) is 7.29. The zero-order chi connectivity index (χ0) is 15.1. The minimum Gasteiger partial charge on any atom is -0.395 e. The minimum absolute atomic E-state index is 0.133. The average molecular weight is 319 g/mol. The Bertz CT molecular complexity index is 592. The van der Waals surface area contributed by atoms with E-state index in [1.54, 1.807) is 11.3 Å². The lowest BCUT2D eigenvalue weighted by molar-refractivity contribution is 0.251. The fourth-order valence-electron chi connectivity index (χ4n) is 2.01. The zero-order valence-electron chi connectivity index (χ0n) is 12.5. The standard InChI is InChI=1S/C17H21NOS2/c1-14(12-16-7-5-11-20-16)18(2)13-17-9-8-15(21-17)6-3-4-10-19/h5,7-9,11,14,19H,4,10,12-13H2,1-2H3. The maximum absolute atomic E-state index is 8.73. The first-order valence-electron chi connectivity index (χ1n) is 7.10. The zero-order valence-corrected chi connectivity index (χ0v) is 14.1. The van der Waals surface area contributed by atoms with Crippen LogP contribution in [0.4, 0.5) is 0 Å². The van der Waals surface area contributed by atoms with Crippen molar-refractivity contribution < 1.29 is 5.11 Å². The number of nitrogens with zero attached hydrogens (tertiary/aromatic N) is 1. The van der Waals surface area contributed by atoms with Crippen LogP contribution in [0.1, 0.15) is 28.0 Å². The molecule has 0 saturated carbocycles. The highest BCUT2D eigenvalue weighted by atomic mass is 32.1. The molecule has 2 nitrogen and oxygen atoms in total. The van der Waals surface area contributed by atoms with E-state index < -0.39 is 0 Å². The SMILES string of the molecule is CC(Cc1cccs1)N(C)Cc1ccc(C#CCCO)s1. The summed E-state index contributed by atoms with van der Waals surface area (Å²) in [6.07, 6.45) is 1.65. The molecule has 0 radical (unpaired) electrons. The molecule has 0 aliphatic rings. The summed E-state index contributed by atoms with van der Waals surface area (Å²) < 4.78 is 0. The average Bonchev–Trinajstić information content (AvgIpc) is 3.11. The van der Waals surface area contributed by atoms with Gasteiger partial charge in [0.1, 0.15) is 0 Å². The molecule has 2 aromatic heterocycles. The van der Waals surface area contributed by atoms with Gasteiger partial charge in [-0.25, -0.2) is 0 Å². The summed E-state index contributed by atoms with van der Waals surface area (Å²) in [7, 11) is 2.18. The maximum atomic E-state index is 8.73. The van der Waals surface area contributed by atoms with Gasteiger partial charge in [-0.15, -0.1) is 22.7 Å². The van der Waals surface area contributed by atoms with Crippen LogP contribution in [0.15, 0.2) is 29.6 Å². The van der Waals surface area contributed by atoms with E-state index in [2.05, 4.69) is 60.4 Å². The molecule has 0 amide bonds. The fraction of sp³-hybridized carbons (Fsp3) is 0.412. The van der Waals surface area contributed by atoms with Crippen molar-refractivity contribution in [1.82, 2.24) is 4.90 Å². The lowest BCUT2D eigenvalue weighted by atomic mass is 10.2. The molecule has 1 unspecified atom stereocenters. The van der Waals surface area contributed by atoms with Crippen molar-refractivity contribution in [2.75, 3.05) is 13.7 Å². The first-order chi connectivity index (χ1) is 10.2. The molecule has 2 heterocycles. The summed E-state index contributed by atoms with van der Waals surface area (Å²) in [6, 6.07) is 9.07. The highest BCUT2D eigenvalue weighted by molar-refractivity contribution is 7.12. The van der Waals surface area contributed by atoms with Crippen molar-refractivity contribution in [2.45, 2.75) is 32.4 Å². The molecule has 0 saturated heterocycles. The van der Waals surface area contributed by atoms with Gasteiger partial charge < -0.3 is 5.11 Å². The molecule has 0 bridgehead atoms. The Kier molecular flexibility index (Phi) is 6.47. The second kappa shape index (κ2) is 8.35. The Balaban J connectivity index is 1.87. The van der Waals surface area contributed by atoms with Gasteiger partial charge in [-0.05, 0) is 44.0 Å². The van der Waals surface area contributed by atoms with Crippen LogP contribution in [0.25, 0.3) is 0 Å². The monoisotopic (exact) mass is 319 g/mol. The molecule has 0 fully saturated rings. The van der Waals surface area contributed by atoms with Crippen LogP contribution in [0.5, 0.6) is 0 Å². The molecule has 4 heteroatoms.